The Kier molecular flexibility index (Phi) is 6.29. The molecule has 0 aliphatic carbocycles. The number of nitrogens with zero attached hydrogens (tertiary/aromatic N) is 2. The molecule has 0 spiro atoms. The van der Waals surface area contributed by atoms with Gasteiger partial charge in [-0.2, -0.15) is 0 Å². The van der Waals surface area contributed by atoms with Gasteiger partial charge in [-0.3, -0.25) is 9.69 Å². The van der Waals surface area contributed by atoms with E-state index in [1.54, 1.807) is 6.07 Å². The molecule has 0 atom stereocenters. The second-order valence-electron chi connectivity index (χ2n) is 4.80. The standard InChI is InChI=1S/C14H22F2N2O2/c1-4-18-10(2)7-12(11(18)3)13(20)8-17(5-6-19)9-14(15)16/h7,14,19H,4-6,8-9H2,1-3H3. The van der Waals surface area contributed by atoms with Crippen LogP contribution in [-0.2, 0) is 6.54 Å². The molecule has 1 rings (SSSR count). The molecule has 0 saturated carbocycles. The number of carbonyl (C=O) groups is 1. The summed E-state index contributed by atoms with van der Waals surface area (Å²) in [5, 5.41) is 8.87. The minimum absolute atomic E-state index is 0.0720. The zero-order valence-electron chi connectivity index (χ0n) is 12.2. The van der Waals surface area contributed by atoms with Crippen LogP contribution in [0.1, 0.15) is 28.7 Å². The fourth-order valence-electron chi connectivity index (χ4n) is 2.43. The molecule has 0 amide bonds. The highest BCUT2D eigenvalue weighted by atomic mass is 19.3. The van der Waals surface area contributed by atoms with Crippen molar-refractivity contribution in [2.24, 2.45) is 0 Å². The van der Waals surface area contributed by atoms with Gasteiger partial charge < -0.3 is 9.67 Å². The molecule has 0 aliphatic rings. The Bertz CT molecular complexity index is 458. The van der Waals surface area contributed by atoms with E-state index in [1.165, 1.54) is 4.90 Å². The van der Waals surface area contributed by atoms with Crippen LogP contribution in [0.2, 0.25) is 0 Å². The van der Waals surface area contributed by atoms with Crippen LogP contribution in [0.5, 0.6) is 0 Å². The van der Waals surface area contributed by atoms with E-state index in [4.69, 9.17) is 5.11 Å². The van der Waals surface area contributed by atoms with E-state index in [2.05, 4.69) is 0 Å². The number of carbonyl (C=O) groups excluding carboxylic acids is 1. The van der Waals surface area contributed by atoms with Gasteiger partial charge in [-0.15, -0.1) is 0 Å². The van der Waals surface area contributed by atoms with Crippen LogP contribution in [-0.4, -0.2) is 53.0 Å². The van der Waals surface area contributed by atoms with Crippen molar-refractivity contribution in [3.05, 3.63) is 23.0 Å². The van der Waals surface area contributed by atoms with Crippen molar-refractivity contribution in [3.63, 3.8) is 0 Å². The topological polar surface area (TPSA) is 45.5 Å². The molecule has 1 aromatic rings. The number of alkyl halides is 2. The Morgan fingerprint density at radius 3 is 2.55 bits per heavy atom. The Labute approximate surface area is 118 Å². The van der Waals surface area contributed by atoms with Crippen LogP contribution in [0.25, 0.3) is 0 Å². The quantitative estimate of drug-likeness (QED) is 0.743. The molecule has 1 aromatic heterocycles. The van der Waals surface area contributed by atoms with Gasteiger partial charge in [0.15, 0.2) is 5.78 Å². The summed E-state index contributed by atoms with van der Waals surface area (Å²) < 4.78 is 26.9. The lowest BCUT2D eigenvalue weighted by Gasteiger charge is -2.19. The van der Waals surface area contributed by atoms with Crippen LogP contribution in [0, 0.1) is 13.8 Å². The normalized spacial score (nSPS) is 11.6. The summed E-state index contributed by atoms with van der Waals surface area (Å²) in [5.41, 5.74) is 2.41. The first-order chi connectivity index (χ1) is 9.40. The molecule has 0 aliphatic heterocycles. The van der Waals surface area contributed by atoms with E-state index in [0.29, 0.717) is 5.56 Å². The van der Waals surface area contributed by atoms with Gasteiger partial charge in [-0.1, -0.05) is 0 Å². The maximum atomic E-state index is 12.4. The fraction of sp³-hybridized carbons (Fsp3) is 0.643. The second kappa shape index (κ2) is 7.50. The van der Waals surface area contributed by atoms with E-state index >= 15 is 0 Å². The number of Topliss-reactive ketones (excluding diaryl/α,β-unsaturated/α-hetero) is 1. The smallest absolute Gasteiger partial charge is 0.251 e. The van der Waals surface area contributed by atoms with Gasteiger partial charge in [0.25, 0.3) is 6.43 Å². The molecular weight excluding hydrogens is 266 g/mol. The van der Waals surface area contributed by atoms with E-state index in [0.717, 1.165) is 17.9 Å². The van der Waals surface area contributed by atoms with Gasteiger partial charge in [0.2, 0.25) is 0 Å². The van der Waals surface area contributed by atoms with Gasteiger partial charge in [0.1, 0.15) is 0 Å². The maximum absolute atomic E-state index is 12.4. The van der Waals surface area contributed by atoms with Gasteiger partial charge in [0.05, 0.1) is 19.7 Å². The zero-order valence-corrected chi connectivity index (χ0v) is 12.2. The molecular formula is C14H22F2N2O2. The first-order valence-corrected chi connectivity index (χ1v) is 6.72. The Balaban J connectivity index is 2.83. The Hall–Kier alpha value is -1.27. The van der Waals surface area contributed by atoms with Crippen molar-refractivity contribution in [3.8, 4) is 0 Å². The number of hydrogen-bond donors (Lipinski definition) is 1. The van der Waals surface area contributed by atoms with E-state index in [1.807, 2.05) is 25.3 Å². The first-order valence-electron chi connectivity index (χ1n) is 6.72. The fourth-order valence-corrected chi connectivity index (χ4v) is 2.43. The largest absolute Gasteiger partial charge is 0.395 e. The number of ketones is 1. The highest BCUT2D eigenvalue weighted by molar-refractivity contribution is 5.99. The molecule has 4 nitrogen and oxygen atoms in total. The third-order valence-electron chi connectivity index (χ3n) is 3.37. The van der Waals surface area contributed by atoms with Crippen LogP contribution in [0.4, 0.5) is 8.78 Å². The highest BCUT2D eigenvalue weighted by Gasteiger charge is 2.19. The number of aryl methyl sites for hydroxylation is 1. The SMILES string of the molecule is CCn1c(C)cc(C(=O)CN(CCO)CC(F)F)c1C. The number of aliphatic hydroxyl groups excluding tert-OH is 1. The predicted molar refractivity (Wildman–Crippen MR) is 73.4 cm³/mol. The number of aliphatic hydroxyl groups is 1. The highest BCUT2D eigenvalue weighted by Crippen LogP contribution is 2.16. The lowest BCUT2D eigenvalue weighted by atomic mass is 10.1. The molecule has 0 aromatic carbocycles. The monoisotopic (exact) mass is 288 g/mol. The van der Waals surface area contributed by atoms with Crippen LogP contribution in [0.3, 0.4) is 0 Å². The zero-order chi connectivity index (χ0) is 15.3. The van der Waals surface area contributed by atoms with Gasteiger partial charge in [0, 0.05) is 30.0 Å². The summed E-state index contributed by atoms with van der Waals surface area (Å²) in [4.78, 5) is 13.5. The number of rotatable bonds is 8. The van der Waals surface area contributed by atoms with E-state index in [9.17, 15) is 13.6 Å². The minimum Gasteiger partial charge on any atom is -0.395 e. The summed E-state index contributed by atoms with van der Waals surface area (Å²) in [6.45, 7) is 5.75. The summed E-state index contributed by atoms with van der Waals surface area (Å²) in [6.07, 6.45) is -2.52. The van der Waals surface area contributed by atoms with Crippen molar-refractivity contribution >= 4 is 5.78 Å². The lowest BCUT2D eigenvalue weighted by molar-refractivity contribution is 0.0688. The Morgan fingerprint density at radius 2 is 2.10 bits per heavy atom. The maximum Gasteiger partial charge on any atom is 0.251 e. The second-order valence-corrected chi connectivity index (χ2v) is 4.80. The molecule has 0 radical (unpaired) electrons. The van der Waals surface area contributed by atoms with Crippen molar-refractivity contribution in [2.75, 3.05) is 26.2 Å². The molecule has 20 heavy (non-hydrogen) atoms. The van der Waals surface area contributed by atoms with E-state index in [-0.39, 0.29) is 25.5 Å². The molecule has 114 valence electrons. The minimum atomic E-state index is -2.52. The number of aromatic nitrogens is 1. The summed E-state index contributed by atoms with van der Waals surface area (Å²) in [7, 11) is 0. The lowest BCUT2D eigenvalue weighted by Crippen LogP contribution is -2.36. The number of hydrogen-bond acceptors (Lipinski definition) is 3. The van der Waals surface area contributed by atoms with Crippen LogP contribution in [0.15, 0.2) is 6.07 Å². The summed E-state index contributed by atoms with van der Waals surface area (Å²) >= 11 is 0. The average molecular weight is 288 g/mol. The first kappa shape index (κ1) is 16.8. The van der Waals surface area contributed by atoms with Crippen molar-refractivity contribution in [2.45, 2.75) is 33.7 Å². The molecule has 0 saturated heterocycles. The van der Waals surface area contributed by atoms with Gasteiger partial charge >= 0.3 is 0 Å². The molecule has 1 heterocycles. The average Bonchev–Trinajstić information content (AvgIpc) is 2.63. The Morgan fingerprint density at radius 1 is 1.45 bits per heavy atom. The predicted octanol–water partition coefficient (Wildman–Crippen LogP) is 1.87. The van der Waals surface area contributed by atoms with E-state index < -0.39 is 13.0 Å². The summed E-state index contributed by atoms with van der Waals surface area (Å²) in [5.74, 6) is -0.188. The van der Waals surface area contributed by atoms with Crippen molar-refractivity contribution in [1.29, 1.82) is 0 Å². The number of halogens is 2. The molecule has 1 N–H and O–H groups in total. The van der Waals surface area contributed by atoms with Gasteiger partial charge in [-0.25, -0.2) is 8.78 Å². The molecule has 0 fully saturated rings. The van der Waals surface area contributed by atoms with Gasteiger partial charge in [-0.05, 0) is 26.8 Å². The molecule has 0 bridgehead atoms. The molecule has 0 unspecified atom stereocenters. The molecule has 6 heteroatoms. The van der Waals surface area contributed by atoms with Crippen LogP contribution < -0.4 is 0 Å². The summed E-state index contributed by atoms with van der Waals surface area (Å²) in [6, 6.07) is 1.79. The van der Waals surface area contributed by atoms with Crippen LogP contribution >= 0.6 is 0 Å². The van der Waals surface area contributed by atoms with Crippen molar-refractivity contribution < 1.29 is 18.7 Å². The third kappa shape index (κ3) is 4.11. The third-order valence-corrected chi connectivity index (χ3v) is 3.37. The van der Waals surface area contributed by atoms with Crippen molar-refractivity contribution in [1.82, 2.24) is 9.47 Å².